The van der Waals surface area contributed by atoms with Crippen molar-refractivity contribution in [3.05, 3.63) is 23.9 Å². The zero-order chi connectivity index (χ0) is 13.5. The van der Waals surface area contributed by atoms with Crippen molar-refractivity contribution in [2.45, 2.75) is 38.6 Å². The molecule has 0 aromatic heterocycles. The summed E-state index contributed by atoms with van der Waals surface area (Å²) >= 11 is 0. The second-order valence-corrected chi connectivity index (χ2v) is 6.56. The SMILES string of the molecule is CC1(C)C=CC=C(N2CNC(=O)C23CCNCC3)C1. The predicted molar refractivity (Wildman–Crippen MR) is 75.3 cm³/mol. The van der Waals surface area contributed by atoms with Gasteiger partial charge in [-0.05, 0) is 43.8 Å². The first-order chi connectivity index (χ1) is 9.04. The molecule has 4 heteroatoms. The highest BCUT2D eigenvalue weighted by atomic mass is 16.2. The molecule has 4 nitrogen and oxygen atoms in total. The summed E-state index contributed by atoms with van der Waals surface area (Å²) in [5.74, 6) is 0.210. The Kier molecular flexibility index (Phi) is 2.93. The van der Waals surface area contributed by atoms with Crippen LogP contribution in [0, 0.1) is 5.41 Å². The molecule has 19 heavy (non-hydrogen) atoms. The molecule has 0 saturated carbocycles. The van der Waals surface area contributed by atoms with Crippen LogP contribution in [0.1, 0.15) is 33.1 Å². The minimum atomic E-state index is -0.307. The van der Waals surface area contributed by atoms with Gasteiger partial charge in [-0.2, -0.15) is 0 Å². The summed E-state index contributed by atoms with van der Waals surface area (Å²) in [7, 11) is 0. The van der Waals surface area contributed by atoms with Crippen LogP contribution in [0.5, 0.6) is 0 Å². The van der Waals surface area contributed by atoms with Crippen LogP contribution in [0.15, 0.2) is 23.9 Å². The fraction of sp³-hybridized carbons (Fsp3) is 0.667. The van der Waals surface area contributed by atoms with Gasteiger partial charge in [-0.3, -0.25) is 4.79 Å². The Bertz CT molecular complexity index is 444. The van der Waals surface area contributed by atoms with Gasteiger partial charge in [0.1, 0.15) is 5.54 Å². The van der Waals surface area contributed by atoms with E-state index in [-0.39, 0.29) is 16.9 Å². The highest BCUT2D eigenvalue weighted by molar-refractivity contribution is 5.88. The van der Waals surface area contributed by atoms with E-state index in [1.165, 1.54) is 5.70 Å². The van der Waals surface area contributed by atoms with Crippen molar-refractivity contribution in [2.75, 3.05) is 19.8 Å². The Labute approximate surface area is 114 Å². The molecule has 0 atom stereocenters. The zero-order valence-corrected chi connectivity index (χ0v) is 11.8. The van der Waals surface area contributed by atoms with Crippen molar-refractivity contribution in [1.82, 2.24) is 15.5 Å². The van der Waals surface area contributed by atoms with Gasteiger partial charge in [-0.15, -0.1) is 0 Å². The van der Waals surface area contributed by atoms with Crippen molar-refractivity contribution in [1.29, 1.82) is 0 Å². The molecule has 104 valence electrons. The van der Waals surface area contributed by atoms with E-state index in [0.717, 1.165) is 32.4 Å². The first-order valence-electron chi connectivity index (χ1n) is 7.19. The molecule has 0 bridgehead atoms. The first-order valence-corrected chi connectivity index (χ1v) is 7.19. The van der Waals surface area contributed by atoms with Gasteiger partial charge >= 0.3 is 0 Å². The number of carbonyl (C=O) groups is 1. The van der Waals surface area contributed by atoms with E-state index >= 15 is 0 Å². The molecular weight excluding hydrogens is 238 g/mol. The van der Waals surface area contributed by atoms with E-state index < -0.39 is 0 Å². The lowest BCUT2D eigenvalue weighted by Gasteiger charge is -2.43. The fourth-order valence-corrected chi connectivity index (χ4v) is 3.49. The highest BCUT2D eigenvalue weighted by Gasteiger charge is 2.50. The summed E-state index contributed by atoms with van der Waals surface area (Å²) in [6, 6.07) is 0. The van der Waals surface area contributed by atoms with Crippen LogP contribution < -0.4 is 10.6 Å². The molecule has 2 saturated heterocycles. The molecular formula is C15H23N3O. The maximum absolute atomic E-state index is 12.3. The third-order valence-electron chi connectivity index (χ3n) is 4.59. The van der Waals surface area contributed by atoms with E-state index in [2.05, 4.69) is 47.6 Å². The first kappa shape index (κ1) is 12.7. The topological polar surface area (TPSA) is 44.4 Å². The second-order valence-electron chi connectivity index (χ2n) is 6.56. The lowest BCUT2D eigenvalue weighted by molar-refractivity contribution is -0.127. The van der Waals surface area contributed by atoms with Crippen molar-refractivity contribution in [3.8, 4) is 0 Å². The number of carbonyl (C=O) groups excluding carboxylic acids is 1. The molecule has 3 rings (SSSR count). The Hall–Kier alpha value is -1.29. The summed E-state index contributed by atoms with van der Waals surface area (Å²) in [6.45, 7) is 7.01. The molecule has 2 aliphatic heterocycles. The Morgan fingerprint density at radius 2 is 2.00 bits per heavy atom. The van der Waals surface area contributed by atoms with E-state index in [1.807, 2.05) is 0 Å². The van der Waals surface area contributed by atoms with E-state index in [9.17, 15) is 4.79 Å². The molecule has 0 aromatic rings. The Morgan fingerprint density at radius 1 is 1.26 bits per heavy atom. The number of allylic oxidation sites excluding steroid dienone is 4. The van der Waals surface area contributed by atoms with Crippen molar-refractivity contribution in [2.24, 2.45) is 5.41 Å². The van der Waals surface area contributed by atoms with Gasteiger partial charge in [-0.25, -0.2) is 0 Å². The minimum absolute atomic E-state index is 0.184. The van der Waals surface area contributed by atoms with Gasteiger partial charge < -0.3 is 15.5 Å². The van der Waals surface area contributed by atoms with E-state index in [1.54, 1.807) is 0 Å². The second kappa shape index (κ2) is 4.37. The average molecular weight is 261 g/mol. The van der Waals surface area contributed by atoms with Gasteiger partial charge in [0.15, 0.2) is 0 Å². The normalized spacial score (nSPS) is 28.4. The van der Waals surface area contributed by atoms with E-state index in [0.29, 0.717) is 6.67 Å². The molecule has 0 aromatic carbocycles. The summed E-state index contributed by atoms with van der Waals surface area (Å²) in [6.07, 6.45) is 9.37. The van der Waals surface area contributed by atoms with Crippen LogP contribution in [-0.4, -0.2) is 36.1 Å². The number of nitrogens with zero attached hydrogens (tertiary/aromatic N) is 1. The van der Waals surface area contributed by atoms with Gasteiger partial charge in [-0.1, -0.05) is 26.0 Å². The van der Waals surface area contributed by atoms with Gasteiger partial charge in [0, 0.05) is 5.70 Å². The van der Waals surface area contributed by atoms with Crippen LogP contribution in [0.25, 0.3) is 0 Å². The number of piperidine rings is 1. The van der Waals surface area contributed by atoms with Gasteiger partial charge in [0.25, 0.3) is 0 Å². The Balaban J connectivity index is 1.89. The molecule has 2 fully saturated rings. The molecule has 2 heterocycles. The van der Waals surface area contributed by atoms with Gasteiger partial charge in [0.05, 0.1) is 6.67 Å². The minimum Gasteiger partial charge on any atom is -0.343 e. The van der Waals surface area contributed by atoms with Gasteiger partial charge in [0.2, 0.25) is 5.91 Å². The smallest absolute Gasteiger partial charge is 0.247 e. The van der Waals surface area contributed by atoms with Crippen LogP contribution in [0.3, 0.4) is 0 Å². The molecule has 1 amide bonds. The van der Waals surface area contributed by atoms with E-state index in [4.69, 9.17) is 0 Å². The maximum atomic E-state index is 12.3. The third kappa shape index (κ3) is 2.08. The zero-order valence-electron chi connectivity index (χ0n) is 11.8. The number of rotatable bonds is 1. The fourth-order valence-electron chi connectivity index (χ4n) is 3.49. The lowest BCUT2D eigenvalue weighted by Crippen LogP contribution is -2.55. The number of hydrogen-bond donors (Lipinski definition) is 2. The van der Waals surface area contributed by atoms with Crippen LogP contribution >= 0.6 is 0 Å². The molecule has 2 N–H and O–H groups in total. The number of amides is 1. The molecule has 0 radical (unpaired) electrons. The lowest BCUT2D eigenvalue weighted by atomic mass is 9.81. The molecule has 1 aliphatic carbocycles. The number of nitrogens with one attached hydrogen (secondary N) is 2. The van der Waals surface area contributed by atoms with Crippen LogP contribution in [0.4, 0.5) is 0 Å². The van der Waals surface area contributed by atoms with Crippen molar-refractivity contribution in [3.63, 3.8) is 0 Å². The molecule has 0 unspecified atom stereocenters. The average Bonchev–Trinajstić information content (AvgIpc) is 2.67. The largest absolute Gasteiger partial charge is 0.343 e. The molecule has 3 aliphatic rings. The monoisotopic (exact) mass is 261 g/mol. The Morgan fingerprint density at radius 3 is 2.68 bits per heavy atom. The van der Waals surface area contributed by atoms with Crippen molar-refractivity contribution < 1.29 is 4.79 Å². The number of hydrogen-bond acceptors (Lipinski definition) is 3. The van der Waals surface area contributed by atoms with Crippen LogP contribution in [0.2, 0.25) is 0 Å². The summed E-state index contributed by atoms with van der Waals surface area (Å²) < 4.78 is 0. The molecule has 1 spiro atoms. The predicted octanol–water partition coefficient (Wildman–Crippen LogP) is 1.37. The quantitative estimate of drug-likeness (QED) is 0.749. The third-order valence-corrected chi connectivity index (χ3v) is 4.59. The summed E-state index contributed by atoms with van der Waals surface area (Å²) in [5, 5.41) is 6.41. The highest BCUT2D eigenvalue weighted by Crippen LogP contribution is 2.39. The van der Waals surface area contributed by atoms with Crippen LogP contribution in [-0.2, 0) is 4.79 Å². The summed E-state index contributed by atoms with van der Waals surface area (Å²) in [4.78, 5) is 14.7. The van der Waals surface area contributed by atoms with Crippen molar-refractivity contribution >= 4 is 5.91 Å². The maximum Gasteiger partial charge on any atom is 0.247 e. The summed E-state index contributed by atoms with van der Waals surface area (Å²) in [5.41, 5.74) is 1.18. The standard InChI is InChI=1S/C15H23N3O/c1-14(2)5-3-4-12(10-14)18-11-17-13(19)15(18)6-8-16-9-7-15/h3-5,16H,6-11H2,1-2H3,(H,17,19).